The number of carbonyl (C=O) groups is 1. The Kier molecular flexibility index (Phi) is 7.06. The largest absolute Gasteiger partial charge is 0.467 e. The minimum atomic E-state index is -0.129. The summed E-state index contributed by atoms with van der Waals surface area (Å²) >= 11 is 2.77. The van der Waals surface area contributed by atoms with Crippen LogP contribution in [0.5, 0.6) is 0 Å². The number of amides is 1. The quantitative estimate of drug-likeness (QED) is 0.329. The SMILES string of the molecule is CCc1ccc(-c2csc(NC(=O)CSc3nnc(C(C)C)n3Cc3ccco3)n2)cc1. The number of carbonyl (C=O) groups excluding carboxylic acids is 1. The lowest BCUT2D eigenvalue weighted by Crippen LogP contribution is -2.15. The summed E-state index contributed by atoms with van der Waals surface area (Å²) in [7, 11) is 0. The van der Waals surface area contributed by atoms with Crippen LogP contribution < -0.4 is 5.32 Å². The number of thiazole rings is 1. The second-order valence-corrected chi connectivity index (χ2v) is 9.39. The van der Waals surface area contributed by atoms with Crippen molar-refractivity contribution in [2.45, 2.75) is 44.8 Å². The van der Waals surface area contributed by atoms with Crippen molar-refractivity contribution in [3.8, 4) is 11.3 Å². The molecule has 0 saturated heterocycles. The Morgan fingerprint density at radius 1 is 1.22 bits per heavy atom. The molecule has 1 N–H and O–H groups in total. The Hall–Kier alpha value is -2.91. The number of hydrogen-bond acceptors (Lipinski definition) is 7. The van der Waals surface area contributed by atoms with Crippen LogP contribution in [-0.4, -0.2) is 31.4 Å². The van der Waals surface area contributed by atoms with E-state index in [1.807, 2.05) is 22.1 Å². The van der Waals surface area contributed by atoms with Crippen molar-refractivity contribution in [2.24, 2.45) is 0 Å². The molecular weight excluding hydrogens is 442 g/mol. The van der Waals surface area contributed by atoms with E-state index in [0.29, 0.717) is 16.8 Å². The van der Waals surface area contributed by atoms with Gasteiger partial charge in [0.1, 0.15) is 11.6 Å². The fraction of sp³-hybridized carbons (Fsp3) is 0.304. The maximum atomic E-state index is 12.5. The summed E-state index contributed by atoms with van der Waals surface area (Å²) in [6.07, 6.45) is 2.65. The lowest BCUT2D eigenvalue weighted by molar-refractivity contribution is -0.113. The zero-order valence-corrected chi connectivity index (χ0v) is 19.9. The molecule has 3 aromatic heterocycles. The maximum Gasteiger partial charge on any atom is 0.236 e. The number of hydrogen-bond donors (Lipinski definition) is 1. The lowest BCUT2D eigenvalue weighted by Gasteiger charge is -2.10. The van der Waals surface area contributed by atoms with Gasteiger partial charge >= 0.3 is 0 Å². The van der Waals surface area contributed by atoms with Crippen LogP contribution in [0.3, 0.4) is 0 Å². The minimum absolute atomic E-state index is 0.129. The molecule has 3 heterocycles. The molecule has 4 aromatic rings. The van der Waals surface area contributed by atoms with Crippen LogP contribution in [0, 0.1) is 0 Å². The monoisotopic (exact) mass is 467 g/mol. The zero-order chi connectivity index (χ0) is 22.5. The molecule has 32 heavy (non-hydrogen) atoms. The average Bonchev–Trinajstić information content (AvgIpc) is 3.54. The molecule has 166 valence electrons. The van der Waals surface area contributed by atoms with E-state index in [-0.39, 0.29) is 17.6 Å². The van der Waals surface area contributed by atoms with Gasteiger partial charge in [-0.05, 0) is 24.1 Å². The summed E-state index contributed by atoms with van der Waals surface area (Å²) < 4.78 is 7.48. The molecule has 0 radical (unpaired) electrons. The predicted molar refractivity (Wildman–Crippen MR) is 128 cm³/mol. The molecule has 0 bridgehead atoms. The molecule has 0 aliphatic carbocycles. The number of anilines is 1. The molecule has 0 spiro atoms. The van der Waals surface area contributed by atoms with Crippen molar-refractivity contribution in [1.29, 1.82) is 0 Å². The Morgan fingerprint density at radius 2 is 2.03 bits per heavy atom. The first-order valence-electron chi connectivity index (χ1n) is 10.5. The second-order valence-electron chi connectivity index (χ2n) is 7.59. The van der Waals surface area contributed by atoms with Crippen LogP contribution >= 0.6 is 23.1 Å². The van der Waals surface area contributed by atoms with E-state index in [4.69, 9.17) is 4.42 Å². The summed E-state index contributed by atoms with van der Waals surface area (Å²) in [4.78, 5) is 17.1. The number of aromatic nitrogens is 4. The number of furan rings is 1. The first-order chi connectivity index (χ1) is 15.5. The number of nitrogens with one attached hydrogen (secondary N) is 1. The van der Waals surface area contributed by atoms with Gasteiger partial charge in [0.05, 0.1) is 24.3 Å². The zero-order valence-electron chi connectivity index (χ0n) is 18.2. The first kappa shape index (κ1) is 22.3. The highest BCUT2D eigenvalue weighted by molar-refractivity contribution is 7.99. The number of benzene rings is 1. The Morgan fingerprint density at radius 3 is 2.72 bits per heavy atom. The molecule has 1 amide bonds. The summed E-state index contributed by atoms with van der Waals surface area (Å²) in [5.41, 5.74) is 3.19. The van der Waals surface area contributed by atoms with Gasteiger partial charge in [0.2, 0.25) is 5.91 Å². The van der Waals surface area contributed by atoms with Gasteiger partial charge in [0.25, 0.3) is 0 Å². The van der Waals surface area contributed by atoms with Crippen molar-refractivity contribution >= 4 is 34.1 Å². The van der Waals surface area contributed by atoms with Crippen LogP contribution in [0.4, 0.5) is 5.13 Å². The maximum absolute atomic E-state index is 12.5. The topological polar surface area (TPSA) is 85.8 Å². The molecule has 1 aromatic carbocycles. The van der Waals surface area contributed by atoms with Crippen molar-refractivity contribution in [1.82, 2.24) is 19.7 Å². The third kappa shape index (κ3) is 5.28. The van der Waals surface area contributed by atoms with Crippen LogP contribution in [-0.2, 0) is 17.8 Å². The van der Waals surface area contributed by atoms with E-state index < -0.39 is 0 Å². The number of thioether (sulfide) groups is 1. The van der Waals surface area contributed by atoms with E-state index in [0.717, 1.165) is 29.3 Å². The summed E-state index contributed by atoms with van der Waals surface area (Å²) in [5.74, 6) is 1.98. The fourth-order valence-electron chi connectivity index (χ4n) is 3.20. The summed E-state index contributed by atoms with van der Waals surface area (Å²) in [5, 5.41) is 14.7. The van der Waals surface area contributed by atoms with Gasteiger partial charge < -0.3 is 9.73 Å². The molecule has 0 fully saturated rings. The third-order valence-electron chi connectivity index (χ3n) is 4.90. The van der Waals surface area contributed by atoms with E-state index in [1.165, 1.54) is 28.7 Å². The highest BCUT2D eigenvalue weighted by Crippen LogP contribution is 2.26. The first-order valence-corrected chi connectivity index (χ1v) is 12.3. The van der Waals surface area contributed by atoms with Crippen molar-refractivity contribution < 1.29 is 9.21 Å². The smallest absolute Gasteiger partial charge is 0.236 e. The standard InChI is InChI=1S/C23H25N5O2S2/c1-4-16-7-9-17(10-8-16)19-13-31-22(24-19)25-20(29)14-32-23-27-26-21(15(2)3)28(23)12-18-6-5-11-30-18/h5-11,13,15H,4,12,14H2,1-3H3,(H,24,25,29). The van der Waals surface area contributed by atoms with Gasteiger partial charge in [0, 0.05) is 16.9 Å². The molecule has 0 aliphatic heterocycles. The Bertz CT molecular complexity index is 1160. The van der Waals surface area contributed by atoms with Gasteiger partial charge in [-0.3, -0.25) is 9.36 Å². The van der Waals surface area contributed by atoms with E-state index >= 15 is 0 Å². The Balaban J connectivity index is 1.38. The number of rotatable bonds is 9. The van der Waals surface area contributed by atoms with Crippen molar-refractivity contribution in [2.75, 3.05) is 11.1 Å². The highest BCUT2D eigenvalue weighted by Gasteiger charge is 2.18. The normalized spacial score (nSPS) is 11.2. The number of aryl methyl sites for hydroxylation is 1. The van der Waals surface area contributed by atoms with Crippen LogP contribution in [0.2, 0.25) is 0 Å². The highest BCUT2D eigenvalue weighted by atomic mass is 32.2. The van der Waals surface area contributed by atoms with Crippen molar-refractivity contribution in [3.63, 3.8) is 0 Å². The molecule has 4 rings (SSSR count). The molecular formula is C23H25N5O2S2. The van der Waals surface area contributed by atoms with Crippen LogP contribution in [0.15, 0.2) is 57.6 Å². The number of nitrogens with zero attached hydrogens (tertiary/aromatic N) is 4. The average molecular weight is 468 g/mol. The van der Waals surface area contributed by atoms with E-state index in [2.05, 4.69) is 65.5 Å². The molecule has 0 aliphatic rings. The van der Waals surface area contributed by atoms with E-state index in [1.54, 1.807) is 6.26 Å². The van der Waals surface area contributed by atoms with Gasteiger partial charge in [-0.25, -0.2) is 4.98 Å². The fourth-order valence-corrected chi connectivity index (χ4v) is 4.68. The molecule has 0 saturated carbocycles. The van der Waals surface area contributed by atoms with Gasteiger partial charge in [-0.2, -0.15) is 0 Å². The second kappa shape index (κ2) is 10.1. The minimum Gasteiger partial charge on any atom is -0.467 e. The van der Waals surface area contributed by atoms with Crippen molar-refractivity contribution in [3.05, 3.63) is 65.2 Å². The Labute approximate surface area is 195 Å². The van der Waals surface area contributed by atoms with Gasteiger partial charge in [-0.15, -0.1) is 21.5 Å². The van der Waals surface area contributed by atoms with Gasteiger partial charge in [0.15, 0.2) is 10.3 Å². The van der Waals surface area contributed by atoms with Crippen LogP contribution in [0.25, 0.3) is 11.3 Å². The molecule has 0 atom stereocenters. The molecule has 7 nitrogen and oxygen atoms in total. The predicted octanol–water partition coefficient (Wildman–Crippen LogP) is 5.46. The van der Waals surface area contributed by atoms with E-state index in [9.17, 15) is 4.79 Å². The van der Waals surface area contributed by atoms with Crippen LogP contribution in [0.1, 0.15) is 43.8 Å². The molecule has 0 unspecified atom stereocenters. The lowest BCUT2D eigenvalue weighted by atomic mass is 10.1. The third-order valence-corrected chi connectivity index (χ3v) is 6.62. The molecule has 9 heteroatoms. The summed E-state index contributed by atoms with van der Waals surface area (Å²) in [6, 6.07) is 12.1. The van der Waals surface area contributed by atoms with Gasteiger partial charge in [-0.1, -0.05) is 56.8 Å². The summed E-state index contributed by atoms with van der Waals surface area (Å²) in [6.45, 7) is 6.80.